The predicted molar refractivity (Wildman–Crippen MR) is 87.5 cm³/mol. The van der Waals surface area contributed by atoms with Gasteiger partial charge in [-0.25, -0.2) is 0 Å². The molecule has 0 spiro atoms. The fourth-order valence-electron chi connectivity index (χ4n) is 1.92. The zero-order chi connectivity index (χ0) is 17.5. The Bertz CT molecular complexity index is 732. The summed E-state index contributed by atoms with van der Waals surface area (Å²) in [5.41, 5.74) is 0.542. The van der Waals surface area contributed by atoms with Crippen LogP contribution in [0, 0.1) is 0 Å². The number of hydrogen-bond acceptors (Lipinski definition) is 5. The van der Waals surface area contributed by atoms with E-state index in [1.807, 2.05) is 36.9 Å². The molecule has 0 aliphatic heterocycles. The van der Waals surface area contributed by atoms with Gasteiger partial charge in [0.2, 0.25) is 5.91 Å². The summed E-state index contributed by atoms with van der Waals surface area (Å²) >= 11 is 0. The highest BCUT2D eigenvalue weighted by Gasteiger charge is 2.14. The highest BCUT2D eigenvalue weighted by molar-refractivity contribution is 5.92. The SMILES string of the molecule is C=C(CC)C(=O)NCCCNC(=O)c1nnn(-c2cccn2C)n1. The van der Waals surface area contributed by atoms with Crippen LogP contribution in [0.2, 0.25) is 0 Å². The van der Waals surface area contributed by atoms with Crippen molar-refractivity contribution in [3.05, 3.63) is 36.3 Å². The van der Waals surface area contributed by atoms with Gasteiger partial charge in [0, 0.05) is 31.9 Å². The quantitative estimate of drug-likeness (QED) is 0.531. The van der Waals surface area contributed by atoms with Crippen molar-refractivity contribution in [3.63, 3.8) is 0 Å². The molecule has 0 atom stereocenters. The number of aromatic nitrogens is 5. The summed E-state index contributed by atoms with van der Waals surface area (Å²) in [7, 11) is 1.85. The molecule has 0 aromatic carbocycles. The van der Waals surface area contributed by atoms with Gasteiger partial charge >= 0.3 is 0 Å². The Morgan fingerprint density at radius 3 is 2.71 bits per heavy atom. The van der Waals surface area contributed by atoms with Gasteiger partial charge in [-0.05, 0) is 30.2 Å². The van der Waals surface area contributed by atoms with Gasteiger partial charge in [0.05, 0.1) is 0 Å². The van der Waals surface area contributed by atoms with Gasteiger partial charge in [0.15, 0.2) is 5.82 Å². The molecule has 2 aromatic heterocycles. The number of carbonyl (C=O) groups excluding carboxylic acids is 2. The van der Waals surface area contributed by atoms with Crippen molar-refractivity contribution < 1.29 is 9.59 Å². The minimum absolute atomic E-state index is 0.000374. The smallest absolute Gasteiger partial charge is 0.292 e. The summed E-state index contributed by atoms with van der Waals surface area (Å²) < 4.78 is 1.82. The van der Waals surface area contributed by atoms with Crippen LogP contribution in [0.15, 0.2) is 30.5 Å². The van der Waals surface area contributed by atoms with Gasteiger partial charge in [-0.15, -0.1) is 15.0 Å². The van der Waals surface area contributed by atoms with Crippen LogP contribution in [0.4, 0.5) is 0 Å². The fourth-order valence-corrected chi connectivity index (χ4v) is 1.92. The number of rotatable bonds is 8. The molecule has 0 radical (unpaired) electrons. The molecule has 128 valence electrons. The van der Waals surface area contributed by atoms with E-state index in [1.165, 1.54) is 4.80 Å². The second kappa shape index (κ2) is 8.04. The first-order chi connectivity index (χ1) is 11.5. The van der Waals surface area contributed by atoms with E-state index >= 15 is 0 Å². The second-order valence-corrected chi connectivity index (χ2v) is 5.20. The number of carbonyl (C=O) groups is 2. The van der Waals surface area contributed by atoms with Crippen LogP contribution >= 0.6 is 0 Å². The van der Waals surface area contributed by atoms with Crippen molar-refractivity contribution in [3.8, 4) is 5.82 Å². The first-order valence-corrected chi connectivity index (χ1v) is 7.68. The Labute approximate surface area is 139 Å². The van der Waals surface area contributed by atoms with Crippen molar-refractivity contribution >= 4 is 11.8 Å². The Morgan fingerprint density at radius 1 is 1.29 bits per heavy atom. The van der Waals surface area contributed by atoms with Crippen LogP contribution in [0.25, 0.3) is 5.82 Å². The normalized spacial score (nSPS) is 10.4. The first-order valence-electron chi connectivity index (χ1n) is 7.68. The lowest BCUT2D eigenvalue weighted by molar-refractivity contribution is -0.117. The Kier molecular flexibility index (Phi) is 5.83. The van der Waals surface area contributed by atoms with Crippen LogP contribution in [0.3, 0.4) is 0 Å². The zero-order valence-electron chi connectivity index (χ0n) is 13.8. The molecule has 9 heteroatoms. The monoisotopic (exact) mass is 331 g/mol. The van der Waals surface area contributed by atoms with Crippen LogP contribution < -0.4 is 10.6 Å². The lowest BCUT2D eigenvalue weighted by atomic mass is 10.2. The van der Waals surface area contributed by atoms with E-state index < -0.39 is 5.91 Å². The molecule has 0 unspecified atom stereocenters. The number of amides is 2. The average Bonchev–Trinajstić information content (AvgIpc) is 3.21. The number of aryl methyl sites for hydroxylation is 1. The molecule has 0 saturated carbocycles. The third-order valence-corrected chi connectivity index (χ3v) is 3.41. The molecular weight excluding hydrogens is 310 g/mol. The van der Waals surface area contributed by atoms with Gasteiger partial charge in [-0.1, -0.05) is 13.5 Å². The lowest BCUT2D eigenvalue weighted by Gasteiger charge is -2.06. The Balaban J connectivity index is 1.76. The minimum atomic E-state index is -0.403. The largest absolute Gasteiger partial charge is 0.352 e. The maximum Gasteiger partial charge on any atom is 0.292 e. The highest BCUT2D eigenvalue weighted by atomic mass is 16.2. The standard InChI is InChI=1S/C15H21N7O2/c1-4-11(2)14(23)16-8-6-9-17-15(24)13-18-20-22(19-13)12-7-5-10-21(12)3/h5,7,10H,2,4,6,8-9H2,1,3H3,(H,16,23)(H,17,24). The van der Waals surface area contributed by atoms with Crippen LogP contribution in [-0.4, -0.2) is 49.7 Å². The van der Waals surface area contributed by atoms with Crippen LogP contribution in [0.5, 0.6) is 0 Å². The third-order valence-electron chi connectivity index (χ3n) is 3.41. The van der Waals surface area contributed by atoms with E-state index in [9.17, 15) is 9.59 Å². The molecule has 2 amide bonds. The molecule has 2 rings (SSSR count). The van der Waals surface area contributed by atoms with Crippen molar-refractivity contribution in [2.24, 2.45) is 7.05 Å². The van der Waals surface area contributed by atoms with E-state index in [0.717, 1.165) is 0 Å². The van der Waals surface area contributed by atoms with Crippen LogP contribution in [-0.2, 0) is 11.8 Å². The maximum atomic E-state index is 12.0. The molecule has 2 aromatic rings. The summed E-state index contributed by atoms with van der Waals surface area (Å²) in [6, 6.07) is 3.66. The molecule has 2 N–H and O–H groups in total. The topological polar surface area (TPSA) is 107 Å². The number of nitrogens with zero attached hydrogens (tertiary/aromatic N) is 5. The van der Waals surface area contributed by atoms with Crippen molar-refractivity contribution in [1.82, 2.24) is 35.4 Å². The number of nitrogens with one attached hydrogen (secondary N) is 2. The summed E-state index contributed by atoms with van der Waals surface area (Å²) in [5, 5.41) is 17.1. The third kappa shape index (κ3) is 4.28. The maximum absolute atomic E-state index is 12.0. The van der Waals surface area contributed by atoms with E-state index in [-0.39, 0.29) is 11.7 Å². The van der Waals surface area contributed by atoms with Crippen molar-refractivity contribution in [1.29, 1.82) is 0 Å². The van der Waals surface area contributed by atoms with Gasteiger partial charge in [-0.2, -0.15) is 0 Å². The second-order valence-electron chi connectivity index (χ2n) is 5.20. The van der Waals surface area contributed by atoms with Gasteiger partial charge in [-0.3, -0.25) is 9.59 Å². The highest BCUT2D eigenvalue weighted by Crippen LogP contribution is 2.03. The summed E-state index contributed by atoms with van der Waals surface area (Å²) in [6.45, 7) is 6.39. The minimum Gasteiger partial charge on any atom is -0.352 e. The molecule has 0 saturated heterocycles. The van der Waals surface area contributed by atoms with E-state index in [2.05, 4.69) is 32.6 Å². The molecular formula is C15H21N7O2. The Hall–Kier alpha value is -2.97. The Morgan fingerprint density at radius 2 is 2.04 bits per heavy atom. The van der Waals surface area contributed by atoms with E-state index in [0.29, 0.717) is 37.3 Å². The van der Waals surface area contributed by atoms with Crippen molar-refractivity contribution in [2.45, 2.75) is 19.8 Å². The van der Waals surface area contributed by atoms with Gasteiger partial charge in [0.25, 0.3) is 11.7 Å². The number of tetrazole rings is 1. The first kappa shape index (κ1) is 17.4. The fraction of sp³-hybridized carbons (Fsp3) is 0.400. The average molecular weight is 331 g/mol. The van der Waals surface area contributed by atoms with Gasteiger partial charge in [0.1, 0.15) is 0 Å². The summed E-state index contributed by atoms with van der Waals surface area (Å²) in [6.07, 6.45) is 3.06. The van der Waals surface area contributed by atoms with Gasteiger partial charge < -0.3 is 15.2 Å². The molecule has 0 aliphatic rings. The summed E-state index contributed by atoms with van der Waals surface area (Å²) in [5.74, 6) is 0.149. The number of hydrogen-bond donors (Lipinski definition) is 2. The predicted octanol–water partition coefficient (Wildman–Crippen LogP) is 0.203. The van der Waals surface area contributed by atoms with Crippen LogP contribution in [0.1, 0.15) is 30.4 Å². The molecule has 0 bridgehead atoms. The molecule has 9 nitrogen and oxygen atoms in total. The summed E-state index contributed by atoms with van der Waals surface area (Å²) in [4.78, 5) is 24.8. The molecule has 24 heavy (non-hydrogen) atoms. The zero-order valence-corrected chi connectivity index (χ0v) is 13.8. The molecule has 2 heterocycles. The van der Waals surface area contributed by atoms with Crippen molar-refractivity contribution in [2.75, 3.05) is 13.1 Å². The van der Waals surface area contributed by atoms with E-state index in [4.69, 9.17) is 0 Å². The van der Waals surface area contributed by atoms with E-state index in [1.54, 1.807) is 0 Å². The lowest BCUT2D eigenvalue weighted by Crippen LogP contribution is -2.30. The molecule has 0 aliphatic carbocycles. The molecule has 0 fully saturated rings.